The zero-order valence-corrected chi connectivity index (χ0v) is 19.6. The number of para-hydroxylation sites is 2. The zero-order chi connectivity index (χ0) is 24.7. The number of likely N-dealkylation sites (tertiary alicyclic amines) is 1. The van der Waals surface area contributed by atoms with Gasteiger partial charge in [-0.25, -0.2) is 9.67 Å². The van der Waals surface area contributed by atoms with Gasteiger partial charge in [-0.05, 0) is 44.0 Å². The SMILES string of the molecule is Cc1cc(=O)c(C(=O)N2CCC[C@H](c3nc4ccccc4s3)C2)nn1-c1ccccc1C(F)(F)F. The first-order valence-electron chi connectivity index (χ1n) is 11.1. The second-order valence-electron chi connectivity index (χ2n) is 8.54. The molecule has 4 aromatic rings. The van der Waals surface area contributed by atoms with E-state index in [-0.39, 0.29) is 17.3 Å². The van der Waals surface area contributed by atoms with E-state index in [4.69, 9.17) is 4.98 Å². The van der Waals surface area contributed by atoms with Crippen LogP contribution in [0.25, 0.3) is 15.9 Å². The maximum absolute atomic E-state index is 13.6. The second kappa shape index (κ2) is 8.92. The third kappa shape index (κ3) is 4.45. The molecule has 2 aromatic carbocycles. The largest absolute Gasteiger partial charge is 0.418 e. The monoisotopic (exact) mass is 498 g/mol. The Morgan fingerprint density at radius 1 is 1.11 bits per heavy atom. The van der Waals surface area contributed by atoms with Crippen molar-refractivity contribution in [3.8, 4) is 5.69 Å². The van der Waals surface area contributed by atoms with E-state index in [0.717, 1.165) is 44.9 Å². The van der Waals surface area contributed by atoms with Crippen LogP contribution >= 0.6 is 11.3 Å². The highest BCUT2D eigenvalue weighted by Crippen LogP contribution is 2.35. The van der Waals surface area contributed by atoms with E-state index in [1.807, 2.05) is 24.3 Å². The molecule has 0 radical (unpaired) electrons. The summed E-state index contributed by atoms with van der Waals surface area (Å²) in [5, 5.41) is 5.05. The minimum Gasteiger partial charge on any atom is -0.336 e. The lowest BCUT2D eigenvalue weighted by atomic mass is 9.98. The number of carbonyl (C=O) groups is 1. The number of alkyl halides is 3. The van der Waals surface area contributed by atoms with E-state index in [1.165, 1.54) is 25.1 Å². The van der Waals surface area contributed by atoms with Gasteiger partial charge in [0.15, 0.2) is 5.69 Å². The zero-order valence-electron chi connectivity index (χ0n) is 18.7. The highest BCUT2D eigenvalue weighted by atomic mass is 32.1. The summed E-state index contributed by atoms with van der Waals surface area (Å²) in [4.78, 5) is 32.3. The molecule has 1 amide bonds. The number of benzene rings is 2. The molecule has 0 aliphatic carbocycles. The van der Waals surface area contributed by atoms with Gasteiger partial charge >= 0.3 is 6.18 Å². The van der Waals surface area contributed by atoms with E-state index in [1.54, 1.807) is 16.2 Å². The average molecular weight is 499 g/mol. The summed E-state index contributed by atoms with van der Waals surface area (Å²) in [5.74, 6) is -0.567. The van der Waals surface area contributed by atoms with Crippen LogP contribution in [-0.2, 0) is 6.18 Å². The third-order valence-electron chi connectivity index (χ3n) is 6.12. The second-order valence-corrected chi connectivity index (χ2v) is 9.60. The smallest absolute Gasteiger partial charge is 0.336 e. The van der Waals surface area contributed by atoms with Crippen LogP contribution in [0.1, 0.15) is 45.5 Å². The predicted octanol–water partition coefficient (Wildman–Crippen LogP) is 5.19. The van der Waals surface area contributed by atoms with Gasteiger partial charge in [0.2, 0.25) is 5.43 Å². The number of aryl methyl sites for hydroxylation is 1. The Morgan fingerprint density at radius 3 is 2.63 bits per heavy atom. The van der Waals surface area contributed by atoms with Gasteiger partial charge in [-0.1, -0.05) is 24.3 Å². The van der Waals surface area contributed by atoms with Gasteiger partial charge in [-0.15, -0.1) is 11.3 Å². The first kappa shape index (κ1) is 23.2. The predicted molar refractivity (Wildman–Crippen MR) is 127 cm³/mol. The van der Waals surface area contributed by atoms with E-state index in [9.17, 15) is 22.8 Å². The fourth-order valence-corrected chi connectivity index (χ4v) is 5.51. The lowest BCUT2D eigenvalue weighted by Gasteiger charge is -2.31. The van der Waals surface area contributed by atoms with Gasteiger partial charge in [-0.2, -0.15) is 18.3 Å². The highest BCUT2D eigenvalue weighted by molar-refractivity contribution is 7.18. The fraction of sp³-hybridized carbons (Fsp3) is 0.280. The molecule has 1 aliphatic heterocycles. The summed E-state index contributed by atoms with van der Waals surface area (Å²) in [5.41, 5.74) is -1.03. The van der Waals surface area contributed by atoms with Crippen molar-refractivity contribution in [3.05, 3.63) is 86.8 Å². The molecule has 1 aliphatic rings. The van der Waals surface area contributed by atoms with Crippen LogP contribution < -0.4 is 5.43 Å². The van der Waals surface area contributed by atoms with Crippen molar-refractivity contribution in [2.24, 2.45) is 0 Å². The molecule has 0 saturated carbocycles. The van der Waals surface area contributed by atoms with Crippen molar-refractivity contribution in [3.63, 3.8) is 0 Å². The summed E-state index contributed by atoms with van der Waals surface area (Å²) < 4.78 is 42.9. The van der Waals surface area contributed by atoms with Crippen LogP contribution in [0.4, 0.5) is 13.2 Å². The van der Waals surface area contributed by atoms with Gasteiger partial charge < -0.3 is 4.90 Å². The Hall–Kier alpha value is -3.53. The number of halogens is 3. The Morgan fingerprint density at radius 2 is 1.86 bits per heavy atom. The number of aromatic nitrogens is 3. The van der Waals surface area contributed by atoms with Crippen LogP contribution in [-0.4, -0.2) is 38.7 Å². The molecular weight excluding hydrogens is 477 g/mol. The number of amides is 1. The molecule has 0 spiro atoms. The first-order chi connectivity index (χ1) is 16.7. The summed E-state index contributed by atoms with van der Waals surface area (Å²) in [6, 6.07) is 13.9. The maximum Gasteiger partial charge on any atom is 0.418 e. The Balaban J connectivity index is 1.47. The fourth-order valence-electron chi connectivity index (χ4n) is 4.42. The summed E-state index contributed by atoms with van der Waals surface area (Å²) in [6.45, 7) is 2.29. The van der Waals surface area contributed by atoms with Crippen molar-refractivity contribution < 1.29 is 18.0 Å². The van der Waals surface area contributed by atoms with Crippen molar-refractivity contribution in [2.45, 2.75) is 31.9 Å². The van der Waals surface area contributed by atoms with Crippen molar-refractivity contribution in [2.75, 3.05) is 13.1 Å². The number of fused-ring (bicyclic) bond motifs is 1. The van der Waals surface area contributed by atoms with Crippen molar-refractivity contribution in [1.29, 1.82) is 0 Å². The van der Waals surface area contributed by atoms with E-state index < -0.39 is 28.8 Å². The number of nitrogens with zero attached hydrogens (tertiary/aromatic N) is 4. The molecule has 10 heteroatoms. The van der Waals surface area contributed by atoms with Gasteiger partial charge in [-0.3, -0.25) is 9.59 Å². The number of rotatable bonds is 3. The molecule has 1 saturated heterocycles. The van der Waals surface area contributed by atoms with Crippen LogP contribution in [0.15, 0.2) is 59.4 Å². The third-order valence-corrected chi connectivity index (χ3v) is 7.31. The quantitative estimate of drug-likeness (QED) is 0.390. The number of hydrogen-bond acceptors (Lipinski definition) is 5. The number of piperidine rings is 1. The number of hydrogen-bond donors (Lipinski definition) is 0. The lowest BCUT2D eigenvalue weighted by molar-refractivity contribution is -0.137. The highest BCUT2D eigenvalue weighted by Gasteiger charge is 2.35. The lowest BCUT2D eigenvalue weighted by Crippen LogP contribution is -2.42. The normalized spacial score (nSPS) is 16.6. The van der Waals surface area contributed by atoms with Gasteiger partial charge in [0.05, 0.1) is 26.5 Å². The Kier molecular flexibility index (Phi) is 5.92. The van der Waals surface area contributed by atoms with Gasteiger partial charge in [0.25, 0.3) is 5.91 Å². The number of carbonyl (C=O) groups excluding carboxylic acids is 1. The van der Waals surface area contributed by atoms with Crippen LogP contribution in [0.2, 0.25) is 0 Å². The van der Waals surface area contributed by atoms with Gasteiger partial charge in [0.1, 0.15) is 0 Å². The summed E-state index contributed by atoms with van der Waals surface area (Å²) in [6.07, 6.45) is -3.03. The molecule has 2 aromatic heterocycles. The Labute approximate surface area is 202 Å². The molecule has 35 heavy (non-hydrogen) atoms. The van der Waals surface area contributed by atoms with Crippen molar-refractivity contribution in [1.82, 2.24) is 19.7 Å². The minimum atomic E-state index is -4.62. The molecule has 1 atom stereocenters. The molecule has 1 fully saturated rings. The number of thiazole rings is 1. The topological polar surface area (TPSA) is 68.1 Å². The average Bonchev–Trinajstić information content (AvgIpc) is 3.28. The van der Waals surface area contributed by atoms with E-state index in [2.05, 4.69) is 5.10 Å². The first-order valence-corrected chi connectivity index (χ1v) is 12.0. The summed E-state index contributed by atoms with van der Waals surface area (Å²) >= 11 is 1.58. The molecule has 0 unspecified atom stereocenters. The maximum atomic E-state index is 13.6. The molecule has 6 nitrogen and oxygen atoms in total. The minimum absolute atomic E-state index is 0.0173. The molecule has 5 rings (SSSR count). The standard InChI is InChI=1S/C25H21F3N4O2S/c1-15-13-20(33)22(30-32(15)19-10-4-2-8-17(19)25(26,27)28)24(34)31-12-6-7-16(14-31)23-29-18-9-3-5-11-21(18)35-23/h2-5,8-11,13,16H,6-7,12,14H2,1H3/t16-/m0/s1. The molecule has 0 N–H and O–H groups in total. The molecule has 0 bridgehead atoms. The van der Waals surface area contributed by atoms with E-state index in [0.29, 0.717) is 13.1 Å². The molecule has 3 heterocycles. The Bertz CT molecular complexity index is 1440. The molecular formula is C25H21F3N4O2S. The molecule has 180 valence electrons. The van der Waals surface area contributed by atoms with Crippen LogP contribution in [0.3, 0.4) is 0 Å². The van der Waals surface area contributed by atoms with Crippen LogP contribution in [0.5, 0.6) is 0 Å². The summed E-state index contributed by atoms with van der Waals surface area (Å²) in [7, 11) is 0. The van der Waals surface area contributed by atoms with Crippen molar-refractivity contribution >= 4 is 27.5 Å². The van der Waals surface area contributed by atoms with Gasteiger partial charge in [0, 0.05) is 30.8 Å². The van der Waals surface area contributed by atoms with E-state index >= 15 is 0 Å². The van der Waals surface area contributed by atoms with Crippen LogP contribution in [0, 0.1) is 6.92 Å².